The van der Waals surface area contributed by atoms with E-state index in [1.165, 1.54) is 5.57 Å². The first-order chi connectivity index (χ1) is 11.0. The van der Waals surface area contributed by atoms with Crippen LogP contribution in [0.1, 0.15) is 38.9 Å². The van der Waals surface area contributed by atoms with Gasteiger partial charge >= 0.3 is 0 Å². The van der Waals surface area contributed by atoms with E-state index in [2.05, 4.69) is 34.4 Å². The van der Waals surface area contributed by atoms with Crippen molar-refractivity contribution in [3.8, 4) is 0 Å². The Morgan fingerprint density at radius 3 is 2.70 bits per heavy atom. The number of imidazole rings is 1. The summed E-state index contributed by atoms with van der Waals surface area (Å²) in [5, 5.41) is 0. The molecule has 0 aromatic carbocycles. The van der Waals surface area contributed by atoms with E-state index in [0.717, 1.165) is 57.8 Å². The molecule has 3 heterocycles. The smallest absolute Gasteiger partial charge is 0.223 e. The van der Waals surface area contributed by atoms with Crippen molar-refractivity contribution < 1.29 is 4.79 Å². The number of nitrogens with zero attached hydrogens (tertiary/aromatic N) is 4. The molecule has 0 N–H and O–H groups in total. The normalized spacial score (nSPS) is 21.2. The van der Waals surface area contributed by atoms with E-state index in [4.69, 9.17) is 0 Å². The highest BCUT2D eigenvalue weighted by molar-refractivity contribution is 5.79. The number of likely N-dealkylation sites (tertiary alicyclic amines) is 2. The second kappa shape index (κ2) is 6.48. The quantitative estimate of drug-likeness (QED) is 0.800. The van der Waals surface area contributed by atoms with Crippen molar-refractivity contribution in [2.45, 2.75) is 39.7 Å². The Kier molecular flexibility index (Phi) is 4.57. The number of aryl methyl sites for hydroxylation is 1. The topological polar surface area (TPSA) is 41.4 Å². The second-order valence-corrected chi connectivity index (χ2v) is 7.46. The number of carbonyl (C=O) groups is 1. The number of carbonyl (C=O) groups excluding carboxylic acids is 1. The van der Waals surface area contributed by atoms with Crippen molar-refractivity contribution >= 4 is 5.91 Å². The van der Waals surface area contributed by atoms with E-state index >= 15 is 0 Å². The van der Waals surface area contributed by atoms with Gasteiger partial charge in [-0.15, -0.1) is 0 Å². The molecule has 2 fully saturated rings. The molecule has 2 aliphatic rings. The molecule has 1 spiro atoms. The van der Waals surface area contributed by atoms with Crippen LogP contribution in [0.5, 0.6) is 0 Å². The molecule has 0 radical (unpaired) electrons. The molecule has 0 saturated carbocycles. The van der Waals surface area contributed by atoms with Gasteiger partial charge in [-0.3, -0.25) is 9.69 Å². The Balaban J connectivity index is 1.55. The highest BCUT2D eigenvalue weighted by Gasteiger charge is 2.44. The van der Waals surface area contributed by atoms with Crippen LogP contribution in [0.25, 0.3) is 0 Å². The summed E-state index contributed by atoms with van der Waals surface area (Å²) in [5.74, 6) is 1.45. The first kappa shape index (κ1) is 16.2. The van der Waals surface area contributed by atoms with Gasteiger partial charge < -0.3 is 9.47 Å². The Bertz CT molecular complexity index is 592. The van der Waals surface area contributed by atoms with Gasteiger partial charge in [0, 0.05) is 39.0 Å². The maximum absolute atomic E-state index is 12.3. The lowest BCUT2D eigenvalue weighted by atomic mass is 9.77. The van der Waals surface area contributed by atoms with Gasteiger partial charge in [-0.25, -0.2) is 4.98 Å². The fourth-order valence-electron chi connectivity index (χ4n) is 3.71. The molecule has 0 unspecified atom stereocenters. The Morgan fingerprint density at radius 2 is 2.09 bits per heavy atom. The zero-order chi connectivity index (χ0) is 16.4. The Morgan fingerprint density at radius 1 is 1.35 bits per heavy atom. The van der Waals surface area contributed by atoms with Crippen LogP contribution in [0.2, 0.25) is 0 Å². The van der Waals surface area contributed by atoms with Gasteiger partial charge in [-0.05, 0) is 45.2 Å². The van der Waals surface area contributed by atoms with E-state index in [1.54, 1.807) is 0 Å². The van der Waals surface area contributed by atoms with Gasteiger partial charge in [0.15, 0.2) is 0 Å². The van der Waals surface area contributed by atoms with Crippen molar-refractivity contribution in [2.75, 3.05) is 26.2 Å². The summed E-state index contributed by atoms with van der Waals surface area (Å²) in [6, 6.07) is 0. The molecular weight excluding hydrogens is 288 g/mol. The van der Waals surface area contributed by atoms with Crippen LogP contribution < -0.4 is 0 Å². The molecule has 0 aliphatic carbocycles. The molecule has 126 valence electrons. The second-order valence-electron chi connectivity index (χ2n) is 7.46. The monoisotopic (exact) mass is 316 g/mol. The number of rotatable bonds is 4. The van der Waals surface area contributed by atoms with Crippen molar-refractivity contribution in [3.63, 3.8) is 0 Å². The summed E-state index contributed by atoms with van der Waals surface area (Å²) in [5.41, 5.74) is 1.49. The van der Waals surface area contributed by atoms with Crippen molar-refractivity contribution in [2.24, 2.45) is 12.5 Å². The number of amides is 1. The van der Waals surface area contributed by atoms with Crippen LogP contribution >= 0.6 is 0 Å². The van der Waals surface area contributed by atoms with Gasteiger partial charge in [0.1, 0.15) is 5.82 Å². The predicted octanol–water partition coefficient (Wildman–Crippen LogP) is 2.20. The van der Waals surface area contributed by atoms with Crippen LogP contribution in [0.15, 0.2) is 24.0 Å². The van der Waals surface area contributed by atoms with Crippen molar-refractivity contribution in [3.05, 3.63) is 29.9 Å². The zero-order valence-electron chi connectivity index (χ0n) is 14.6. The maximum Gasteiger partial charge on any atom is 0.223 e. The van der Waals surface area contributed by atoms with Crippen molar-refractivity contribution in [1.29, 1.82) is 0 Å². The molecule has 2 saturated heterocycles. The third-order valence-electron chi connectivity index (χ3n) is 5.33. The molecule has 2 aliphatic heterocycles. The van der Waals surface area contributed by atoms with E-state index in [1.807, 2.05) is 24.3 Å². The summed E-state index contributed by atoms with van der Waals surface area (Å²) in [7, 11) is 2.05. The number of hydrogen-bond donors (Lipinski definition) is 0. The molecule has 5 nitrogen and oxygen atoms in total. The summed E-state index contributed by atoms with van der Waals surface area (Å²) in [6.45, 7) is 8.94. The first-order valence-corrected chi connectivity index (χ1v) is 8.57. The van der Waals surface area contributed by atoms with E-state index in [-0.39, 0.29) is 5.41 Å². The lowest BCUT2D eigenvalue weighted by Gasteiger charge is -2.38. The molecule has 23 heavy (non-hydrogen) atoms. The molecule has 0 atom stereocenters. The average molecular weight is 316 g/mol. The van der Waals surface area contributed by atoms with Gasteiger partial charge in [-0.2, -0.15) is 0 Å². The number of hydrogen-bond acceptors (Lipinski definition) is 3. The highest BCUT2D eigenvalue weighted by atomic mass is 16.2. The number of aromatic nitrogens is 2. The molecule has 1 amide bonds. The largest absolute Gasteiger partial charge is 0.338 e. The van der Waals surface area contributed by atoms with E-state index in [0.29, 0.717) is 5.91 Å². The van der Waals surface area contributed by atoms with E-state index in [9.17, 15) is 4.79 Å². The fourth-order valence-corrected chi connectivity index (χ4v) is 3.71. The van der Waals surface area contributed by atoms with Crippen LogP contribution in [0.3, 0.4) is 0 Å². The molecular formula is C18H28N4O. The van der Waals surface area contributed by atoms with Gasteiger partial charge in [-0.1, -0.05) is 11.6 Å². The minimum absolute atomic E-state index is 0.213. The predicted molar refractivity (Wildman–Crippen MR) is 90.8 cm³/mol. The number of piperidine rings is 1. The minimum atomic E-state index is 0.213. The van der Waals surface area contributed by atoms with Crippen molar-refractivity contribution in [1.82, 2.24) is 19.4 Å². The molecule has 0 bridgehead atoms. The van der Waals surface area contributed by atoms with E-state index < -0.39 is 0 Å². The van der Waals surface area contributed by atoms with Crippen LogP contribution in [-0.2, 0) is 18.4 Å². The zero-order valence-corrected chi connectivity index (χ0v) is 14.6. The minimum Gasteiger partial charge on any atom is -0.338 e. The van der Waals surface area contributed by atoms with Gasteiger partial charge in [0.25, 0.3) is 0 Å². The van der Waals surface area contributed by atoms with Crippen LogP contribution in [0.4, 0.5) is 0 Å². The van der Waals surface area contributed by atoms with Crippen LogP contribution in [-0.4, -0.2) is 51.4 Å². The molecule has 1 aromatic rings. The third-order valence-corrected chi connectivity index (χ3v) is 5.33. The fraction of sp³-hybridized carbons (Fsp3) is 0.667. The lowest BCUT2D eigenvalue weighted by molar-refractivity contribution is -0.127. The molecule has 1 aromatic heterocycles. The first-order valence-electron chi connectivity index (χ1n) is 8.57. The summed E-state index contributed by atoms with van der Waals surface area (Å²) in [6.07, 6.45) is 8.99. The SMILES string of the molecule is CC(C)=CCN1CC2(CCN(Cc3nccn3C)CC2)CC1=O. The van der Waals surface area contributed by atoms with Gasteiger partial charge in [0.05, 0.1) is 6.54 Å². The third kappa shape index (κ3) is 3.66. The van der Waals surface area contributed by atoms with Crippen LogP contribution in [0, 0.1) is 5.41 Å². The maximum atomic E-state index is 12.3. The summed E-state index contributed by atoms with van der Waals surface area (Å²) in [4.78, 5) is 21.2. The molecule has 5 heteroatoms. The highest BCUT2D eigenvalue weighted by Crippen LogP contribution is 2.41. The Hall–Kier alpha value is -1.62. The van der Waals surface area contributed by atoms with Gasteiger partial charge in [0.2, 0.25) is 5.91 Å². The summed E-state index contributed by atoms with van der Waals surface area (Å²) < 4.78 is 2.09. The Labute approximate surface area is 139 Å². The number of allylic oxidation sites excluding steroid dienone is 1. The average Bonchev–Trinajstić information content (AvgIpc) is 3.04. The summed E-state index contributed by atoms with van der Waals surface area (Å²) >= 11 is 0. The molecule has 3 rings (SSSR count). The lowest BCUT2D eigenvalue weighted by Crippen LogP contribution is -2.41. The standard InChI is InChI=1S/C18H28N4O/c1-15(2)4-8-22-14-18(12-17(22)23)5-9-21(10-6-18)13-16-19-7-11-20(16)3/h4,7,11H,5-6,8-10,12-14H2,1-3H3.